The minimum absolute atomic E-state index is 0.368. The molecule has 0 aliphatic carbocycles. The van der Waals surface area contributed by atoms with Gasteiger partial charge in [-0.15, -0.1) is 0 Å². The minimum atomic E-state index is 0.368. The molecule has 0 atom stereocenters. The molecule has 0 saturated heterocycles. The molecule has 0 radical (unpaired) electrons. The van der Waals surface area contributed by atoms with E-state index in [1.54, 1.807) is 6.07 Å². The molecule has 2 aromatic carbocycles. The van der Waals surface area contributed by atoms with Crippen LogP contribution in [0.1, 0.15) is 37.5 Å². The van der Waals surface area contributed by atoms with E-state index in [-0.39, 0.29) is 0 Å². The van der Waals surface area contributed by atoms with Crippen molar-refractivity contribution in [1.29, 1.82) is 0 Å². The van der Waals surface area contributed by atoms with Crippen molar-refractivity contribution in [2.24, 2.45) is 0 Å². The second-order valence-corrected chi connectivity index (χ2v) is 4.86. The van der Waals surface area contributed by atoms with Gasteiger partial charge in [-0.3, -0.25) is 0 Å². The van der Waals surface area contributed by atoms with Crippen molar-refractivity contribution in [3.05, 3.63) is 53.1 Å². The summed E-state index contributed by atoms with van der Waals surface area (Å²) in [4.78, 5) is 0. The maximum Gasteiger partial charge on any atom is 0.123 e. The van der Waals surface area contributed by atoms with E-state index in [0.717, 1.165) is 24.8 Å². The van der Waals surface area contributed by atoms with Gasteiger partial charge in [0, 0.05) is 5.56 Å². The Kier molecular flexibility index (Phi) is 4.26. The van der Waals surface area contributed by atoms with Gasteiger partial charge in [-0.25, -0.2) is 0 Å². The van der Waals surface area contributed by atoms with Crippen LogP contribution in [-0.4, -0.2) is 5.11 Å². The van der Waals surface area contributed by atoms with Crippen molar-refractivity contribution in [1.82, 2.24) is 0 Å². The second kappa shape index (κ2) is 5.92. The number of para-hydroxylation sites is 1. The molecule has 0 amide bonds. The molecule has 100 valence electrons. The molecule has 0 unspecified atom stereocenters. The highest BCUT2D eigenvalue weighted by molar-refractivity contribution is 5.74. The molecule has 0 spiro atoms. The summed E-state index contributed by atoms with van der Waals surface area (Å²) < 4.78 is 0. The van der Waals surface area contributed by atoms with E-state index in [1.807, 2.05) is 18.2 Å². The van der Waals surface area contributed by atoms with Gasteiger partial charge in [-0.1, -0.05) is 51.1 Å². The highest BCUT2D eigenvalue weighted by Gasteiger charge is 2.12. The van der Waals surface area contributed by atoms with Crippen LogP contribution in [0.4, 0.5) is 0 Å². The molecule has 0 bridgehead atoms. The first kappa shape index (κ1) is 13.7. The number of hydrogen-bond acceptors (Lipinski definition) is 1. The van der Waals surface area contributed by atoms with Crippen molar-refractivity contribution in [3.8, 4) is 16.9 Å². The van der Waals surface area contributed by atoms with Gasteiger partial charge >= 0.3 is 0 Å². The third kappa shape index (κ3) is 2.65. The fourth-order valence-electron chi connectivity index (χ4n) is 2.68. The predicted molar refractivity (Wildman–Crippen MR) is 81.7 cm³/mol. The summed E-state index contributed by atoms with van der Waals surface area (Å²) in [5.41, 5.74) is 6.25. The van der Waals surface area contributed by atoms with Crippen LogP contribution < -0.4 is 0 Å². The molecule has 19 heavy (non-hydrogen) atoms. The Balaban J connectivity index is 2.70. The Morgan fingerprint density at radius 1 is 0.842 bits per heavy atom. The SMILES string of the molecule is CCc1cc(CC)c(CC)c(-c2ccccc2O)c1. The number of hydrogen-bond donors (Lipinski definition) is 1. The van der Waals surface area contributed by atoms with Crippen molar-refractivity contribution >= 4 is 0 Å². The highest BCUT2D eigenvalue weighted by Crippen LogP contribution is 2.34. The smallest absolute Gasteiger partial charge is 0.123 e. The molecule has 0 fully saturated rings. The van der Waals surface area contributed by atoms with Gasteiger partial charge in [0.05, 0.1) is 0 Å². The summed E-state index contributed by atoms with van der Waals surface area (Å²) in [7, 11) is 0. The summed E-state index contributed by atoms with van der Waals surface area (Å²) in [5, 5.41) is 10.1. The summed E-state index contributed by atoms with van der Waals surface area (Å²) >= 11 is 0. The van der Waals surface area contributed by atoms with Crippen LogP contribution in [-0.2, 0) is 19.3 Å². The molecule has 0 aromatic heterocycles. The average Bonchev–Trinajstić information content (AvgIpc) is 2.46. The van der Waals surface area contributed by atoms with Crippen LogP contribution in [0.25, 0.3) is 11.1 Å². The van der Waals surface area contributed by atoms with Crippen molar-refractivity contribution in [2.75, 3.05) is 0 Å². The lowest BCUT2D eigenvalue weighted by Gasteiger charge is -2.16. The second-order valence-electron chi connectivity index (χ2n) is 4.86. The van der Waals surface area contributed by atoms with Crippen molar-refractivity contribution in [3.63, 3.8) is 0 Å². The van der Waals surface area contributed by atoms with Crippen LogP contribution >= 0.6 is 0 Å². The van der Waals surface area contributed by atoms with E-state index in [2.05, 4.69) is 32.9 Å². The number of phenols is 1. The summed E-state index contributed by atoms with van der Waals surface area (Å²) in [6, 6.07) is 12.2. The van der Waals surface area contributed by atoms with Gasteiger partial charge in [0.15, 0.2) is 0 Å². The van der Waals surface area contributed by atoms with E-state index in [0.29, 0.717) is 5.75 Å². The lowest BCUT2D eigenvalue weighted by molar-refractivity contribution is 0.477. The third-order valence-corrected chi connectivity index (χ3v) is 3.74. The van der Waals surface area contributed by atoms with Crippen LogP contribution in [0, 0.1) is 0 Å². The Bertz CT molecular complexity index is 570. The molecule has 0 aliphatic rings. The van der Waals surface area contributed by atoms with Gasteiger partial charge < -0.3 is 5.11 Å². The summed E-state index contributed by atoms with van der Waals surface area (Å²) in [5.74, 6) is 0.368. The van der Waals surface area contributed by atoms with Crippen LogP contribution in [0.15, 0.2) is 36.4 Å². The zero-order valence-corrected chi connectivity index (χ0v) is 12.0. The summed E-state index contributed by atoms with van der Waals surface area (Å²) in [6.45, 7) is 6.56. The van der Waals surface area contributed by atoms with Crippen LogP contribution in [0.2, 0.25) is 0 Å². The zero-order chi connectivity index (χ0) is 13.8. The van der Waals surface area contributed by atoms with Gasteiger partial charge in [0.25, 0.3) is 0 Å². The fraction of sp³-hybridized carbons (Fsp3) is 0.333. The first-order valence-electron chi connectivity index (χ1n) is 7.14. The topological polar surface area (TPSA) is 20.2 Å². The maximum absolute atomic E-state index is 10.1. The quantitative estimate of drug-likeness (QED) is 0.835. The minimum Gasteiger partial charge on any atom is -0.507 e. The third-order valence-electron chi connectivity index (χ3n) is 3.74. The molecule has 0 saturated carbocycles. The van der Waals surface area contributed by atoms with E-state index in [9.17, 15) is 5.11 Å². The first-order chi connectivity index (χ1) is 9.21. The van der Waals surface area contributed by atoms with Gasteiger partial charge in [-0.2, -0.15) is 0 Å². The molecule has 2 rings (SSSR count). The lowest BCUT2D eigenvalue weighted by Crippen LogP contribution is -1.98. The number of aromatic hydroxyl groups is 1. The molecule has 0 heterocycles. The first-order valence-corrected chi connectivity index (χ1v) is 7.14. The molecular formula is C18H22O. The van der Waals surface area contributed by atoms with Crippen molar-refractivity contribution in [2.45, 2.75) is 40.0 Å². The van der Waals surface area contributed by atoms with Crippen LogP contribution in [0.3, 0.4) is 0 Å². The molecule has 1 nitrogen and oxygen atoms in total. The number of benzene rings is 2. The Morgan fingerprint density at radius 2 is 1.58 bits per heavy atom. The Hall–Kier alpha value is -1.76. The van der Waals surface area contributed by atoms with E-state index < -0.39 is 0 Å². The number of rotatable bonds is 4. The van der Waals surface area contributed by atoms with Crippen LogP contribution in [0.5, 0.6) is 5.75 Å². The molecule has 1 heteroatoms. The maximum atomic E-state index is 10.1. The fourth-order valence-corrected chi connectivity index (χ4v) is 2.68. The van der Waals surface area contributed by atoms with Gasteiger partial charge in [-0.05, 0) is 47.6 Å². The normalized spacial score (nSPS) is 10.7. The van der Waals surface area contributed by atoms with Crippen molar-refractivity contribution < 1.29 is 5.11 Å². The predicted octanol–water partition coefficient (Wildman–Crippen LogP) is 4.75. The number of aryl methyl sites for hydroxylation is 2. The Labute approximate surface area is 115 Å². The highest BCUT2D eigenvalue weighted by atomic mass is 16.3. The zero-order valence-electron chi connectivity index (χ0n) is 12.0. The Morgan fingerprint density at radius 3 is 2.16 bits per heavy atom. The lowest BCUT2D eigenvalue weighted by atomic mass is 9.89. The van der Waals surface area contributed by atoms with Gasteiger partial charge in [0.2, 0.25) is 0 Å². The van der Waals surface area contributed by atoms with Gasteiger partial charge in [0.1, 0.15) is 5.75 Å². The molecule has 0 aliphatic heterocycles. The van der Waals surface area contributed by atoms with E-state index >= 15 is 0 Å². The molecular weight excluding hydrogens is 232 g/mol. The average molecular weight is 254 g/mol. The largest absolute Gasteiger partial charge is 0.507 e. The standard InChI is InChI=1S/C18H22O/c1-4-13-11-14(5-2)15(6-3)17(12-13)16-9-7-8-10-18(16)19/h7-12,19H,4-6H2,1-3H3. The molecule has 1 N–H and O–H groups in total. The molecule has 2 aromatic rings. The monoisotopic (exact) mass is 254 g/mol. The van der Waals surface area contributed by atoms with E-state index in [1.165, 1.54) is 22.3 Å². The summed E-state index contributed by atoms with van der Waals surface area (Å²) in [6.07, 6.45) is 3.06. The van der Waals surface area contributed by atoms with E-state index in [4.69, 9.17) is 0 Å². The number of phenolic OH excluding ortho intramolecular Hbond substituents is 1.